The van der Waals surface area contributed by atoms with Gasteiger partial charge in [-0.2, -0.15) is 5.26 Å². The maximum absolute atomic E-state index is 9.87. The molecule has 4 aromatic rings. The van der Waals surface area contributed by atoms with Gasteiger partial charge in [0.15, 0.2) is 11.5 Å². The minimum absolute atomic E-state index is 0.266. The summed E-state index contributed by atoms with van der Waals surface area (Å²) in [6, 6.07) is 15.4. The van der Waals surface area contributed by atoms with E-state index in [1.54, 1.807) is 18.2 Å². The lowest BCUT2D eigenvalue weighted by molar-refractivity contribution is 0.267. The number of allylic oxidation sites excluding steroid dienone is 1. The van der Waals surface area contributed by atoms with E-state index >= 15 is 0 Å². The molecule has 1 aromatic heterocycles. The first-order valence-corrected chi connectivity index (χ1v) is 12.7. The van der Waals surface area contributed by atoms with Gasteiger partial charge in [0.25, 0.3) is 0 Å². The molecule has 0 aliphatic rings. The minimum atomic E-state index is 0.266. The molecular formula is C27H22Cl2IN3O2. The van der Waals surface area contributed by atoms with Crippen LogP contribution in [0, 0.1) is 28.7 Å². The van der Waals surface area contributed by atoms with Crippen molar-refractivity contribution in [2.24, 2.45) is 0 Å². The number of ether oxygens (including phenoxy) is 2. The molecule has 1 heterocycles. The zero-order valence-corrected chi connectivity index (χ0v) is 23.0. The third-order valence-corrected chi connectivity index (χ3v) is 6.89. The molecule has 0 saturated heterocycles. The molecule has 0 saturated carbocycles. The van der Waals surface area contributed by atoms with Crippen LogP contribution in [-0.4, -0.2) is 16.6 Å². The Morgan fingerprint density at radius 3 is 2.60 bits per heavy atom. The molecule has 0 amide bonds. The summed E-state index contributed by atoms with van der Waals surface area (Å²) < 4.78 is 12.8. The van der Waals surface area contributed by atoms with Gasteiger partial charge in [0.2, 0.25) is 0 Å². The molecule has 0 radical (unpaired) electrons. The summed E-state index contributed by atoms with van der Waals surface area (Å²) in [5, 5.41) is 11.0. The van der Waals surface area contributed by atoms with Gasteiger partial charge >= 0.3 is 0 Å². The molecule has 1 N–H and O–H groups in total. The quantitative estimate of drug-likeness (QED) is 0.168. The van der Waals surface area contributed by atoms with E-state index in [4.69, 9.17) is 32.7 Å². The lowest BCUT2D eigenvalue weighted by Gasteiger charge is -2.15. The number of H-pyrrole nitrogens is 1. The molecule has 0 aliphatic carbocycles. The molecule has 8 heteroatoms. The fourth-order valence-corrected chi connectivity index (χ4v) is 4.82. The van der Waals surface area contributed by atoms with Crippen molar-refractivity contribution in [1.82, 2.24) is 9.97 Å². The molecule has 0 spiro atoms. The van der Waals surface area contributed by atoms with Crippen LogP contribution in [0.1, 0.15) is 35.0 Å². The number of nitrogens with one attached hydrogen (secondary N) is 1. The summed E-state index contributed by atoms with van der Waals surface area (Å²) in [6.07, 6.45) is 1.79. The smallest absolute Gasteiger partial charge is 0.175 e. The van der Waals surface area contributed by atoms with Crippen molar-refractivity contribution in [3.63, 3.8) is 0 Å². The van der Waals surface area contributed by atoms with Crippen LogP contribution in [0.15, 0.2) is 42.5 Å². The van der Waals surface area contributed by atoms with E-state index in [0.717, 1.165) is 31.3 Å². The Bertz CT molecular complexity index is 1450. The minimum Gasteiger partial charge on any atom is -0.490 e. The van der Waals surface area contributed by atoms with Crippen LogP contribution in [0.2, 0.25) is 10.0 Å². The summed E-state index contributed by atoms with van der Waals surface area (Å²) in [6.45, 7) is 6.75. The topological polar surface area (TPSA) is 70.9 Å². The van der Waals surface area contributed by atoms with Gasteiger partial charge in [-0.15, -0.1) is 0 Å². The largest absolute Gasteiger partial charge is 0.490 e. The molecule has 3 aromatic carbocycles. The van der Waals surface area contributed by atoms with Crippen LogP contribution in [0.25, 0.3) is 22.7 Å². The number of aromatic nitrogens is 2. The van der Waals surface area contributed by atoms with Crippen LogP contribution in [-0.2, 0) is 6.61 Å². The Morgan fingerprint density at radius 1 is 1.11 bits per heavy atom. The van der Waals surface area contributed by atoms with Crippen molar-refractivity contribution in [3.05, 3.63) is 84.2 Å². The molecular weight excluding hydrogens is 596 g/mol. The van der Waals surface area contributed by atoms with Crippen molar-refractivity contribution in [2.45, 2.75) is 27.4 Å². The third kappa shape index (κ3) is 5.75. The number of fused-ring (bicyclic) bond motifs is 1. The summed E-state index contributed by atoms with van der Waals surface area (Å²) in [5.41, 5.74) is 6.11. The summed E-state index contributed by atoms with van der Waals surface area (Å²) in [4.78, 5) is 7.90. The van der Waals surface area contributed by atoms with Crippen LogP contribution < -0.4 is 9.47 Å². The third-order valence-electron chi connectivity index (χ3n) is 5.50. The monoisotopic (exact) mass is 617 g/mol. The SMILES string of the molecule is CCOc1cc(/C=C(\C#N)c2nc3cc(C)c(C)cc3[nH]2)cc(I)c1OCc1ccc(Cl)cc1Cl. The zero-order chi connectivity index (χ0) is 25.1. The number of rotatable bonds is 7. The highest BCUT2D eigenvalue weighted by atomic mass is 127. The number of hydrogen-bond acceptors (Lipinski definition) is 4. The molecule has 0 aliphatic heterocycles. The van der Waals surface area contributed by atoms with Gasteiger partial charge in [0.05, 0.1) is 26.8 Å². The van der Waals surface area contributed by atoms with Crippen molar-refractivity contribution < 1.29 is 9.47 Å². The second kappa shape index (κ2) is 10.9. The number of hydrogen-bond donors (Lipinski definition) is 1. The predicted octanol–water partition coefficient (Wildman–Crippen LogP) is 8.13. The van der Waals surface area contributed by atoms with E-state index in [-0.39, 0.29) is 6.61 Å². The first-order valence-electron chi connectivity index (χ1n) is 10.9. The summed E-state index contributed by atoms with van der Waals surface area (Å²) >= 11 is 14.5. The number of imidazole rings is 1. The van der Waals surface area contributed by atoms with E-state index in [2.05, 4.69) is 45.6 Å². The number of nitriles is 1. The van der Waals surface area contributed by atoms with Gasteiger partial charge in [-0.1, -0.05) is 29.3 Å². The molecule has 35 heavy (non-hydrogen) atoms. The molecule has 0 fully saturated rings. The van der Waals surface area contributed by atoms with E-state index < -0.39 is 0 Å². The molecule has 4 rings (SSSR count). The normalized spacial score (nSPS) is 11.5. The lowest BCUT2D eigenvalue weighted by atomic mass is 10.1. The molecule has 0 bridgehead atoms. The second-order valence-corrected chi connectivity index (χ2v) is 10.0. The van der Waals surface area contributed by atoms with Crippen LogP contribution >= 0.6 is 45.8 Å². The average molecular weight is 618 g/mol. The number of nitrogens with zero attached hydrogens (tertiary/aromatic N) is 2. The van der Waals surface area contributed by atoms with Gasteiger partial charge in [-0.25, -0.2) is 4.98 Å². The maximum Gasteiger partial charge on any atom is 0.175 e. The van der Waals surface area contributed by atoms with Crippen molar-refractivity contribution in [3.8, 4) is 17.6 Å². The lowest BCUT2D eigenvalue weighted by Crippen LogP contribution is -2.02. The highest BCUT2D eigenvalue weighted by Crippen LogP contribution is 2.36. The van der Waals surface area contributed by atoms with Crippen molar-refractivity contribution in [2.75, 3.05) is 6.61 Å². The second-order valence-electron chi connectivity index (χ2n) is 8.00. The predicted molar refractivity (Wildman–Crippen MR) is 150 cm³/mol. The van der Waals surface area contributed by atoms with E-state index in [1.807, 2.05) is 44.2 Å². The van der Waals surface area contributed by atoms with E-state index in [1.165, 1.54) is 5.56 Å². The maximum atomic E-state index is 9.87. The van der Waals surface area contributed by atoms with Gasteiger partial charge < -0.3 is 14.5 Å². The van der Waals surface area contributed by atoms with Crippen molar-refractivity contribution in [1.29, 1.82) is 5.26 Å². The summed E-state index contributed by atoms with van der Waals surface area (Å²) in [7, 11) is 0. The molecule has 0 unspecified atom stereocenters. The van der Waals surface area contributed by atoms with E-state index in [9.17, 15) is 5.26 Å². The number of aromatic amines is 1. The Labute approximate surface area is 227 Å². The number of halogens is 3. The Morgan fingerprint density at radius 2 is 1.89 bits per heavy atom. The zero-order valence-electron chi connectivity index (χ0n) is 19.4. The highest BCUT2D eigenvalue weighted by Gasteiger charge is 2.15. The highest BCUT2D eigenvalue weighted by molar-refractivity contribution is 14.1. The van der Waals surface area contributed by atoms with Gasteiger partial charge in [0.1, 0.15) is 18.5 Å². The van der Waals surface area contributed by atoms with Crippen molar-refractivity contribution >= 4 is 68.5 Å². The standard InChI is InChI=1S/C27H22Cl2IN3O2/c1-4-34-25-11-17(10-22(30)26(25)35-14-18-5-6-20(28)12-21(18)29)9-19(13-31)27-32-23-7-15(2)16(3)8-24(23)33-27/h5-12H,4,14H2,1-3H3,(H,32,33)/b19-9+. The van der Waals surface area contributed by atoms with Gasteiger partial charge in [-0.3, -0.25) is 0 Å². The number of aryl methyl sites for hydroxylation is 2. The van der Waals surface area contributed by atoms with Gasteiger partial charge in [-0.05, 0) is 103 Å². The average Bonchev–Trinajstić information content (AvgIpc) is 3.21. The fourth-order valence-electron chi connectivity index (χ4n) is 3.58. The molecule has 178 valence electrons. The van der Waals surface area contributed by atoms with Crippen LogP contribution in [0.3, 0.4) is 0 Å². The first kappa shape index (κ1) is 25.4. The van der Waals surface area contributed by atoms with Gasteiger partial charge in [0, 0.05) is 15.6 Å². The first-order chi connectivity index (χ1) is 16.8. The Balaban J connectivity index is 1.67. The Hall–Kier alpha value is -2.73. The number of benzene rings is 3. The Kier molecular flexibility index (Phi) is 7.90. The summed E-state index contributed by atoms with van der Waals surface area (Å²) in [5.74, 6) is 1.73. The van der Waals surface area contributed by atoms with Crippen LogP contribution in [0.4, 0.5) is 0 Å². The fraction of sp³-hybridized carbons (Fsp3) is 0.185. The molecule has 5 nitrogen and oxygen atoms in total. The van der Waals surface area contributed by atoms with E-state index in [0.29, 0.717) is 39.5 Å². The van der Waals surface area contributed by atoms with Crippen LogP contribution in [0.5, 0.6) is 11.5 Å². The molecule has 0 atom stereocenters.